The first-order valence-electron chi connectivity index (χ1n) is 17.3. The maximum atomic E-state index is 12.7. The summed E-state index contributed by atoms with van der Waals surface area (Å²) >= 11 is 0. The van der Waals surface area contributed by atoms with Crippen molar-refractivity contribution in [1.82, 2.24) is 14.9 Å². The number of nitrogens with one attached hydrogen (secondary N) is 2. The molecule has 0 unspecified atom stereocenters. The first-order chi connectivity index (χ1) is 24.3. The second-order valence-corrected chi connectivity index (χ2v) is 13.4. The van der Waals surface area contributed by atoms with E-state index in [1.165, 1.54) is 0 Å². The molecule has 0 fully saturated rings. The zero-order valence-electron chi connectivity index (χ0n) is 28.0. The molecule has 3 aliphatic heterocycles. The quantitative estimate of drug-likeness (QED) is 0.137. The molecular weight excluding hydrogens is 632 g/mol. The van der Waals surface area contributed by atoms with E-state index in [0.717, 1.165) is 50.7 Å². The van der Waals surface area contributed by atoms with E-state index < -0.39 is 30.5 Å². The predicted molar refractivity (Wildman–Crippen MR) is 189 cm³/mol. The molecule has 2 bridgehead atoms. The van der Waals surface area contributed by atoms with E-state index in [1.807, 2.05) is 60.4 Å². The Morgan fingerprint density at radius 2 is 1.98 bits per heavy atom. The summed E-state index contributed by atoms with van der Waals surface area (Å²) in [5.74, 6) is 9.92. The minimum absolute atomic E-state index is 0.00630. The number of carbonyl (C=O) groups excluding carboxylic acids is 1. The molecule has 6 atom stereocenters. The van der Waals surface area contributed by atoms with Gasteiger partial charge in [0.1, 0.15) is 24.2 Å². The van der Waals surface area contributed by atoms with Gasteiger partial charge in [-0.3, -0.25) is 4.79 Å². The van der Waals surface area contributed by atoms with E-state index >= 15 is 0 Å². The second kappa shape index (κ2) is 14.5. The van der Waals surface area contributed by atoms with Crippen LogP contribution in [-0.4, -0.2) is 42.9 Å². The number of benzene rings is 2. The van der Waals surface area contributed by atoms with Gasteiger partial charge in [-0.25, -0.2) is 0 Å². The molecule has 2 aromatic heterocycles. The van der Waals surface area contributed by atoms with Crippen LogP contribution in [-0.2, 0) is 17.6 Å². The molecule has 0 saturated carbocycles. The molecule has 3 aliphatic rings. The van der Waals surface area contributed by atoms with E-state index in [2.05, 4.69) is 40.4 Å². The van der Waals surface area contributed by atoms with Crippen molar-refractivity contribution in [2.24, 2.45) is 11.7 Å². The van der Waals surface area contributed by atoms with Gasteiger partial charge in [0, 0.05) is 49.7 Å². The van der Waals surface area contributed by atoms with Crippen LogP contribution in [0.1, 0.15) is 97.3 Å². The van der Waals surface area contributed by atoms with Crippen molar-refractivity contribution >= 4 is 22.8 Å². The average molecular weight is 675 g/mol. The van der Waals surface area contributed by atoms with Crippen molar-refractivity contribution in [2.45, 2.75) is 89.0 Å². The molecule has 0 spiro atoms. The van der Waals surface area contributed by atoms with Crippen LogP contribution in [0.15, 0.2) is 55.1 Å². The molecule has 7 rings (SSSR count). The standard InChI is InChI=1S/C40H42N4O6/c1-2-4-27(45)19-29(47)20-28(46)9-6-24-7-13-37-38(17-24)50-40-25(5-3-16-49-37)8-12-36(48)31-10-11-32-30(14-15-42-39(32)41)33(31)18-26-21-43-35-23-44(40)22-34(26)35/h7,10-11,13-15,17,21-23,25,27,29,36,39-40,42-43,45,47-48H,2,4-6,9,18-20,41H2,1H3/t25-,27-,29+,36+,39-,40+/m0/s1. The number of nitrogens with zero attached hydrogens (tertiary/aromatic N) is 1. The second-order valence-electron chi connectivity index (χ2n) is 13.4. The van der Waals surface area contributed by atoms with Crippen LogP contribution in [0, 0.1) is 29.8 Å². The van der Waals surface area contributed by atoms with Crippen molar-refractivity contribution in [3.63, 3.8) is 0 Å². The maximum absolute atomic E-state index is 12.7. The number of H-pyrrole nitrogens is 1. The first-order valence-corrected chi connectivity index (χ1v) is 17.3. The largest absolute Gasteiger partial charge is 0.465 e. The number of aliphatic hydroxyl groups excluding tert-OH is 3. The van der Waals surface area contributed by atoms with E-state index in [4.69, 9.17) is 15.2 Å². The van der Waals surface area contributed by atoms with Crippen molar-refractivity contribution in [2.75, 3.05) is 0 Å². The number of nitrogens with two attached hydrogens (primary N) is 1. The summed E-state index contributed by atoms with van der Waals surface area (Å²) in [6.07, 6.45) is 12.4. The molecule has 10 nitrogen and oxygen atoms in total. The lowest BCUT2D eigenvalue weighted by atomic mass is 9.87. The van der Waals surface area contributed by atoms with Crippen LogP contribution in [0.4, 0.5) is 0 Å². The minimum Gasteiger partial charge on any atom is -0.465 e. The summed E-state index contributed by atoms with van der Waals surface area (Å²) in [7, 11) is 0. The van der Waals surface area contributed by atoms with Gasteiger partial charge in [0.2, 0.25) is 0 Å². The van der Waals surface area contributed by atoms with Gasteiger partial charge in [-0.05, 0) is 77.1 Å². The monoisotopic (exact) mass is 674 g/mol. The van der Waals surface area contributed by atoms with Gasteiger partial charge in [-0.1, -0.05) is 49.3 Å². The highest BCUT2D eigenvalue weighted by atomic mass is 16.5. The molecular formula is C40H42N4O6. The SMILES string of the molecule is CCC[C@H](O)C[C@@H](O)CC(=O)CCc1ccc2c(c1)O[C@@H]1[C@H](C#C[C@@H](O)c3ccc4c(c3Cc3c[nH]c5cn1cc35)C=CN[C@@H]4N)CC#CO2. The number of ether oxygens (including phenoxy) is 2. The van der Waals surface area contributed by atoms with Crippen molar-refractivity contribution in [3.8, 4) is 35.4 Å². The zero-order valence-corrected chi connectivity index (χ0v) is 28.0. The minimum atomic E-state index is -1.05. The Morgan fingerprint density at radius 3 is 2.84 bits per heavy atom. The van der Waals surface area contributed by atoms with E-state index in [9.17, 15) is 20.1 Å². The topological polar surface area (TPSA) is 155 Å². The van der Waals surface area contributed by atoms with Gasteiger partial charge in [-0.2, -0.15) is 0 Å². The third kappa shape index (κ3) is 7.02. The van der Waals surface area contributed by atoms with Gasteiger partial charge in [0.15, 0.2) is 17.7 Å². The Labute approximate surface area is 291 Å². The molecule has 2 aromatic carbocycles. The van der Waals surface area contributed by atoms with Gasteiger partial charge < -0.3 is 45.4 Å². The number of fused-ring (bicyclic) bond motifs is 7. The Bertz CT molecular complexity index is 2060. The number of Topliss-reactive ketones (excluding diaryl/α,β-unsaturated/α-hetero) is 1. The number of aliphatic hydroxyl groups is 3. The fourth-order valence-electron chi connectivity index (χ4n) is 7.11. The Morgan fingerprint density at radius 1 is 1.12 bits per heavy atom. The zero-order chi connectivity index (χ0) is 34.8. The van der Waals surface area contributed by atoms with Gasteiger partial charge in [0.25, 0.3) is 0 Å². The third-order valence-electron chi connectivity index (χ3n) is 9.72. The van der Waals surface area contributed by atoms with Gasteiger partial charge >= 0.3 is 0 Å². The van der Waals surface area contributed by atoms with Crippen LogP contribution >= 0.6 is 0 Å². The molecule has 258 valence electrons. The lowest BCUT2D eigenvalue weighted by Gasteiger charge is -2.26. The van der Waals surface area contributed by atoms with Gasteiger partial charge in [-0.15, -0.1) is 0 Å². The number of carbonyl (C=O) groups is 1. The number of rotatable bonds is 9. The smallest absolute Gasteiger partial charge is 0.190 e. The first kappa shape index (κ1) is 33.5. The highest BCUT2D eigenvalue weighted by Crippen LogP contribution is 2.38. The molecule has 7 N–H and O–H groups in total. The molecule has 5 heterocycles. The van der Waals surface area contributed by atoms with Crippen molar-refractivity contribution in [3.05, 3.63) is 88.5 Å². The highest BCUT2D eigenvalue weighted by molar-refractivity contribution is 5.84. The molecule has 50 heavy (non-hydrogen) atoms. The molecule has 0 radical (unpaired) electrons. The molecule has 4 aromatic rings. The maximum Gasteiger partial charge on any atom is 0.190 e. The Balaban J connectivity index is 1.19. The van der Waals surface area contributed by atoms with Crippen LogP contribution in [0.5, 0.6) is 11.5 Å². The Hall–Kier alpha value is -4.97. The molecule has 0 aliphatic carbocycles. The number of aromatic nitrogens is 2. The van der Waals surface area contributed by atoms with Crippen molar-refractivity contribution in [1.29, 1.82) is 0 Å². The summed E-state index contributed by atoms with van der Waals surface area (Å²) in [5.41, 5.74) is 12.9. The molecule has 0 amide bonds. The fourth-order valence-corrected chi connectivity index (χ4v) is 7.11. The molecule has 10 heteroatoms. The van der Waals surface area contributed by atoms with E-state index in [1.54, 1.807) is 6.07 Å². The summed E-state index contributed by atoms with van der Waals surface area (Å²) in [6, 6.07) is 9.39. The summed E-state index contributed by atoms with van der Waals surface area (Å²) in [4.78, 5) is 16.1. The predicted octanol–water partition coefficient (Wildman–Crippen LogP) is 4.88. The van der Waals surface area contributed by atoms with Gasteiger partial charge in [0.05, 0.1) is 23.6 Å². The van der Waals surface area contributed by atoms with Crippen LogP contribution < -0.4 is 20.5 Å². The van der Waals surface area contributed by atoms with E-state index in [-0.39, 0.29) is 31.2 Å². The fraction of sp³-hybridized carbons (Fsp3) is 0.375. The number of aromatic amines is 1. The van der Waals surface area contributed by atoms with E-state index in [0.29, 0.717) is 37.2 Å². The number of aryl methyl sites for hydroxylation is 1. The van der Waals surface area contributed by atoms with Crippen LogP contribution in [0.2, 0.25) is 0 Å². The lowest BCUT2D eigenvalue weighted by Crippen LogP contribution is -2.28. The number of ketones is 1. The van der Waals surface area contributed by atoms with Crippen LogP contribution in [0.3, 0.4) is 0 Å². The normalized spacial score (nSPS) is 21.5. The Kier molecular flexibility index (Phi) is 9.71. The lowest BCUT2D eigenvalue weighted by molar-refractivity contribution is -0.121. The summed E-state index contributed by atoms with van der Waals surface area (Å²) in [6.45, 7) is 1.97. The van der Waals surface area contributed by atoms with Crippen LogP contribution in [0.25, 0.3) is 17.0 Å². The average Bonchev–Trinajstić information content (AvgIpc) is 3.69. The number of hydrogen-bond acceptors (Lipinski definition) is 8. The number of hydrogen-bond donors (Lipinski definition) is 6. The third-order valence-corrected chi connectivity index (χ3v) is 9.72. The highest BCUT2D eigenvalue weighted by Gasteiger charge is 2.29. The molecule has 0 saturated heterocycles. The summed E-state index contributed by atoms with van der Waals surface area (Å²) < 4.78 is 14.6. The summed E-state index contributed by atoms with van der Waals surface area (Å²) in [5, 5.41) is 36.0. The van der Waals surface area contributed by atoms with Crippen molar-refractivity contribution < 1.29 is 29.6 Å².